The largest absolute Gasteiger partial charge is 0.497 e. The summed E-state index contributed by atoms with van der Waals surface area (Å²) >= 11 is 6.08. The van der Waals surface area contributed by atoms with E-state index in [1.807, 2.05) is 48.5 Å². The average Bonchev–Trinajstić information content (AvgIpc) is 2.54. The maximum atomic E-state index is 6.08. The van der Waals surface area contributed by atoms with Gasteiger partial charge in [-0.2, -0.15) is 0 Å². The van der Waals surface area contributed by atoms with E-state index in [9.17, 15) is 0 Å². The molecule has 4 nitrogen and oxygen atoms in total. The summed E-state index contributed by atoms with van der Waals surface area (Å²) in [6.45, 7) is 0. The maximum Gasteiger partial charge on any atom is 0.189 e. The van der Waals surface area contributed by atoms with Gasteiger partial charge in [-0.25, -0.2) is 4.99 Å². The molecule has 0 aliphatic carbocycles. The molecule has 0 saturated heterocycles. The highest BCUT2D eigenvalue weighted by Crippen LogP contribution is 2.33. The average molecular weight is 316 g/mol. The molecule has 2 aromatic carbocycles. The number of benzene rings is 2. The third kappa shape index (κ3) is 3.17. The summed E-state index contributed by atoms with van der Waals surface area (Å²) in [6, 6.07) is 15.9. The highest BCUT2D eigenvalue weighted by Gasteiger charge is 2.24. The number of methoxy groups -OCH3 is 1. The first kappa shape index (κ1) is 14.7. The minimum atomic E-state index is 0.00653. The van der Waals surface area contributed by atoms with E-state index >= 15 is 0 Å². The molecule has 0 fully saturated rings. The Balaban J connectivity index is 1.84. The summed E-state index contributed by atoms with van der Waals surface area (Å²) < 4.78 is 5.20. The second-order valence-electron chi connectivity index (χ2n) is 5.29. The number of halogens is 1. The van der Waals surface area contributed by atoms with Crippen molar-refractivity contribution in [3.05, 3.63) is 64.7 Å². The molecule has 2 aromatic rings. The summed E-state index contributed by atoms with van der Waals surface area (Å²) in [4.78, 5) is 4.50. The van der Waals surface area contributed by atoms with Crippen LogP contribution in [0.4, 0.5) is 0 Å². The Bertz CT molecular complexity index is 685. The van der Waals surface area contributed by atoms with Crippen molar-refractivity contribution >= 4 is 17.6 Å². The lowest BCUT2D eigenvalue weighted by Crippen LogP contribution is -2.39. The van der Waals surface area contributed by atoms with Crippen LogP contribution in [0, 0.1) is 0 Å². The molecular weight excluding hydrogens is 298 g/mol. The Morgan fingerprint density at radius 3 is 2.64 bits per heavy atom. The number of nitrogens with two attached hydrogens (primary N) is 1. The van der Waals surface area contributed by atoms with Crippen molar-refractivity contribution in [1.82, 2.24) is 5.32 Å². The van der Waals surface area contributed by atoms with Gasteiger partial charge in [-0.1, -0.05) is 35.9 Å². The van der Waals surface area contributed by atoms with E-state index in [2.05, 4.69) is 10.3 Å². The number of aliphatic imine (C=N–C) groups is 1. The first-order valence-corrected chi connectivity index (χ1v) is 7.53. The van der Waals surface area contributed by atoms with E-state index in [-0.39, 0.29) is 12.1 Å². The minimum Gasteiger partial charge on any atom is -0.497 e. The van der Waals surface area contributed by atoms with Crippen LogP contribution in [0.2, 0.25) is 5.02 Å². The van der Waals surface area contributed by atoms with Crippen LogP contribution in [0.15, 0.2) is 53.5 Å². The summed E-state index contributed by atoms with van der Waals surface area (Å²) in [5.74, 6) is 1.30. The lowest BCUT2D eigenvalue weighted by Gasteiger charge is -2.29. The molecule has 3 rings (SSSR count). The molecule has 2 unspecified atom stereocenters. The fraction of sp³-hybridized carbons (Fsp3) is 0.235. The molecule has 1 aliphatic heterocycles. The zero-order valence-corrected chi connectivity index (χ0v) is 13.0. The van der Waals surface area contributed by atoms with Crippen molar-refractivity contribution in [3.63, 3.8) is 0 Å². The molecular formula is C17H18ClN3O. The number of hydrogen-bond donors (Lipinski definition) is 2. The van der Waals surface area contributed by atoms with Gasteiger partial charge in [-0.15, -0.1) is 0 Å². The summed E-state index contributed by atoms with van der Waals surface area (Å²) in [5, 5.41) is 3.95. The van der Waals surface area contributed by atoms with Crippen LogP contribution in [0.5, 0.6) is 5.75 Å². The molecule has 5 heteroatoms. The smallest absolute Gasteiger partial charge is 0.189 e. The third-order valence-corrected chi connectivity index (χ3v) is 4.06. The summed E-state index contributed by atoms with van der Waals surface area (Å²) in [7, 11) is 1.66. The van der Waals surface area contributed by atoms with Crippen LogP contribution < -0.4 is 15.8 Å². The van der Waals surface area contributed by atoms with E-state index in [0.717, 1.165) is 23.3 Å². The topological polar surface area (TPSA) is 59.6 Å². The molecule has 0 spiro atoms. The second-order valence-corrected chi connectivity index (χ2v) is 5.73. The molecule has 0 aromatic heterocycles. The summed E-state index contributed by atoms with van der Waals surface area (Å²) in [6.07, 6.45) is 0.827. The monoisotopic (exact) mass is 315 g/mol. The van der Waals surface area contributed by atoms with Gasteiger partial charge in [-0.3, -0.25) is 0 Å². The number of guanidine groups is 1. The lowest BCUT2D eigenvalue weighted by atomic mass is 9.94. The molecule has 3 N–H and O–H groups in total. The number of hydrogen-bond acceptors (Lipinski definition) is 4. The number of nitrogens with one attached hydrogen (secondary N) is 1. The van der Waals surface area contributed by atoms with Gasteiger partial charge in [0.15, 0.2) is 5.96 Å². The van der Waals surface area contributed by atoms with Crippen LogP contribution in [-0.2, 0) is 0 Å². The van der Waals surface area contributed by atoms with E-state index in [4.69, 9.17) is 22.1 Å². The van der Waals surface area contributed by atoms with E-state index < -0.39 is 0 Å². The van der Waals surface area contributed by atoms with Crippen molar-refractivity contribution in [2.24, 2.45) is 10.7 Å². The van der Waals surface area contributed by atoms with Crippen molar-refractivity contribution in [1.29, 1.82) is 0 Å². The molecule has 0 saturated carbocycles. The van der Waals surface area contributed by atoms with Gasteiger partial charge >= 0.3 is 0 Å². The van der Waals surface area contributed by atoms with E-state index in [1.54, 1.807) is 7.11 Å². The first-order valence-electron chi connectivity index (χ1n) is 7.15. The van der Waals surface area contributed by atoms with Crippen LogP contribution >= 0.6 is 11.6 Å². The Hall–Kier alpha value is -2.20. The molecule has 0 amide bonds. The minimum absolute atomic E-state index is 0.00653. The second kappa shape index (κ2) is 6.28. The summed E-state index contributed by atoms with van der Waals surface area (Å²) in [5.41, 5.74) is 8.20. The van der Waals surface area contributed by atoms with Gasteiger partial charge in [0, 0.05) is 5.02 Å². The standard InChI is InChI=1S/C17H18ClN3O/c1-22-14-7-5-11(6-8-14)15-10-16(21-17(19)20-15)12-3-2-4-13(18)9-12/h2-9,15-16H,10H2,1H3,(H3,19,20,21). The molecule has 2 atom stereocenters. The van der Waals surface area contributed by atoms with Gasteiger partial charge in [0.2, 0.25) is 0 Å². The highest BCUT2D eigenvalue weighted by molar-refractivity contribution is 6.30. The predicted molar refractivity (Wildman–Crippen MR) is 89.3 cm³/mol. The fourth-order valence-electron chi connectivity index (χ4n) is 2.70. The molecule has 0 bridgehead atoms. The molecule has 22 heavy (non-hydrogen) atoms. The van der Waals surface area contributed by atoms with Gasteiger partial charge in [-0.05, 0) is 41.8 Å². The molecule has 0 radical (unpaired) electrons. The van der Waals surface area contributed by atoms with Gasteiger partial charge < -0.3 is 15.8 Å². The van der Waals surface area contributed by atoms with Crippen LogP contribution in [-0.4, -0.2) is 13.1 Å². The molecule has 114 valence electrons. The van der Waals surface area contributed by atoms with E-state index in [1.165, 1.54) is 0 Å². The first-order chi connectivity index (χ1) is 10.7. The van der Waals surface area contributed by atoms with Gasteiger partial charge in [0.25, 0.3) is 0 Å². The normalized spacial score (nSPS) is 20.9. The quantitative estimate of drug-likeness (QED) is 0.912. The van der Waals surface area contributed by atoms with Crippen LogP contribution in [0.1, 0.15) is 29.6 Å². The zero-order valence-electron chi connectivity index (χ0n) is 12.3. The maximum absolute atomic E-state index is 6.08. The van der Waals surface area contributed by atoms with Crippen molar-refractivity contribution in [2.75, 3.05) is 7.11 Å². The fourth-order valence-corrected chi connectivity index (χ4v) is 2.90. The Morgan fingerprint density at radius 2 is 1.95 bits per heavy atom. The molecule has 1 aliphatic rings. The highest BCUT2D eigenvalue weighted by atomic mass is 35.5. The van der Waals surface area contributed by atoms with Gasteiger partial charge in [0.1, 0.15) is 5.75 Å². The van der Waals surface area contributed by atoms with Crippen LogP contribution in [0.25, 0.3) is 0 Å². The molecule has 1 heterocycles. The van der Waals surface area contributed by atoms with Crippen molar-refractivity contribution < 1.29 is 4.74 Å². The Kier molecular flexibility index (Phi) is 4.20. The number of rotatable bonds is 3. The number of ether oxygens (including phenoxy) is 1. The zero-order chi connectivity index (χ0) is 15.5. The van der Waals surface area contributed by atoms with Crippen LogP contribution in [0.3, 0.4) is 0 Å². The Labute approximate surface area is 135 Å². The Morgan fingerprint density at radius 1 is 1.18 bits per heavy atom. The van der Waals surface area contributed by atoms with E-state index in [0.29, 0.717) is 11.0 Å². The van der Waals surface area contributed by atoms with Crippen molar-refractivity contribution in [2.45, 2.75) is 18.5 Å². The van der Waals surface area contributed by atoms with Gasteiger partial charge in [0.05, 0.1) is 19.2 Å². The predicted octanol–water partition coefficient (Wildman–Crippen LogP) is 3.44. The SMILES string of the molecule is COc1ccc(C2CC(c3cccc(Cl)c3)N=C(N)N2)cc1. The van der Waals surface area contributed by atoms with Crippen molar-refractivity contribution in [3.8, 4) is 5.75 Å². The third-order valence-electron chi connectivity index (χ3n) is 3.83. The lowest BCUT2D eigenvalue weighted by molar-refractivity contribution is 0.414. The number of nitrogens with zero attached hydrogens (tertiary/aromatic N) is 1.